The van der Waals surface area contributed by atoms with Crippen molar-refractivity contribution in [3.63, 3.8) is 0 Å². The summed E-state index contributed by atoms with van der Waals surface area (Å²) in [5.74, 6) is -0.165. The molecule has 21 heteroatoms. The first-order chi connectivity index (χ1) is 19.7. The Hall–Kier alpha value is -2.56. The molecule has 4 rings (SSSR count). The summed E-state index contributed by atoms with van der Waals surface area (Å²) in [5.41, 5.74) is 0.113. The molecule has 2 heterocycles. The SMILES string of the molecule is COc1nc(Cl)nc(Nc2ccc(C=Cc3ccc(Nc4nc(Cl)nc(OC)n4)cc3S(=O)(=O)O)c(S(=O)(=O)[O-])c2)n1.[H+].[KH]. The van der Waals surface area contributed by atoms with Crippen molar-refractivity contribution >= 4 is 130 Å². The fourth-order valence-electron chi connectivity index (χ4n) is 3.34. The Bertz CT molecular complexity index is 1790. The second-order valence-electron chi connectivity index (χ2n) is 7.85. The van der Waals surface area contributed by atoms with Gasteiger partial charge in [0.25, 0.3) is 10.1 Å². The molecule has 0 amide bonds. The van der Waals surface area contributed by atoms with E-state index >= 15 is 0 Å². The molecule has 0 aliphatic rings. The summed E-state index contributed by atoms with van der Waals surface area (Å²) >= 11 is 11.6. The van der Waals surface area contributed by atoms with Crippen LogP contribution in [0.15, 0.2) is 46.2 Å². The minimum absolute atomic E-state index is 0. The van der Waals surface area contributed by atoms with Crippen LogP contribution in [-0.4, -0.2) is 121 Å². The normalized spacial score (nSPS) is 11.6. The average Bonchev–Trinajstić information content (AvgIpc) is 2.91. The summed E-state index contributed by atoms with van der Waals surface area (Å²) in [4.78, 5) is 21.8. The molecule has 222 valence electrons. The molecule has 0 fully saturated rings. The number of halogens is 2. The van der Waals surface area contributed by atoms with Crippen molar-refractivity contribution < 1.29 is 36.8 Å². The molecule has 2 aromatic heterocycles. The number of methoxy groups -OCH3 is 2. The average molecular weight is 698 g/mol. The van der Waals surface area contributed by atoms with Crippen molar-refractivity contribution in [3.8, 4) is 12.0 Å². The number of ether oxygens (including phenoxy) is 2. The number of hydrogen-bond donors (Lipinski definition) is 3. The summed E-state index contributed by atoms with van der Waals surface area (Å²) in [5, 5.41) is 5.02. The number of aromatic nitrogens is 6. The van der Waals surface area contributed by atoms with Crippen LogP contribution in [0.5, 0.6) is 12.0 Å². The van der Waals surface area contributed by atoms with E-state index in [1.54, 1.807) is 0 Å². The summed E-state index contributed by atoms with van der Waals surface area (Å²) in [7, 11) is -7.20. The number of hydrogen-bond acceptors (Lipinski definition) is 15. The Balaban J connectivity index is 0.00000337. The van der Waals surface area contributed by atoms with E-state index in [0.29, 0.717) is 0 Å². The summed E-state index contributed by atoms with van der Waals surface area (Å²) in [6.45, 7) is 0. The van der Waals surface area contributed by atoms with Gasteiger partial charge in [-0.2, -0.15) is 38.3 Å². The van der Waals surface area contributed by atoms with Gasteiger partial charge in [-0.05, 0) is 58.6 Å². The second-order valence-corrected chi connectivity index (χ2v) is 11.3. The van der Waals surface area contributed by atoms with Crippen molar-refractivity contribution in [2.24, 2.45) is 0 Å². The third kappa shape index (κ3) is 9.46. The van der Waals surface area contributed by atoms with E-state index in [9.17, 15) is 25.9 Å². The molecule has 16 nitrogen and oxygen atoms in total. The third-order valence-corrected chi connectivity index (χ3v) is 7.21. The molecule has 0 unspecified atom stereocenters. The van der Waals surface area contributed by atoms with E-state index in [4.69, 9.17) is 32.7 Å². The summed E-state index contributed by atoms with van der Waals surface area (Å²) in [6.07, 6.45) is 2.38. The van der Waals surface area contributed by atoms with Gasteiger partial charge < -0.3 is 24.7 Å². The van der Waals surface area contributed by atoms with Gasteiger partial charge in [0.1, 0.15) is 15.0 Å². The van der Waals surface area contributed by atoms with Crippen LogP contribution in [0.1, 0.15) is 12.6 Å². The Morgan fingerprint density at radius 1 is 0.767 bits per heavy atom. The Kier molecular flexibility index (Phi) is 11.8. The monoisotopic (exact) mass is 696 g/mol. The van der Waals surface area contributed by atoms with Crippen LogP contribution in [0, 0.1) is 0 Å². The number of benzene rings is 2. The van der Waals surface area contributed by atoms with Crippen molar-refractivity contribution in [2.75, 3.05) is 24.9 Å². The van der Waals surface area contributed by atoms with E-state index in [1.807, 2.05) is 0 Å². The molecule has 3 N–H and O–H groups in total. The van der Waals surface area contributed by atoms with Crippen molar-refractivity contribution in [1.29, 1.82) is 0 Å². The van der Waals surface area contributed by atoms with E-state index in [0.717, 1.165) is 12.1 Å². The van der Waals surface area contributed by atoms with Gasteiger partial charge in [0.15, 0.2) is 0 Å². The van der Waals surface area contributed by atoms with Crippen LogP contribution in [0.4, 0.5) is 23.3 Å². The zero-order valence-corrected chi connectivity index (χ0v) is 24.3. The molecule has 4 aromatic rings. The summed E-state index contributed by atoms with van der Waals surface area (Å²) < 4.78 is 80.2. The van der Waals surface area contributed by atoms with Gasteiger partial charge in [-0.3, -0.25) is 4.55 Å². The van der Waals surface area contributed by atoms with Crippen LogP contribution in [0.3, 0.4) is 0 Å². The fourth-order valence-corrected chi connectivity index (χ4v) is 5.05. The molecule has 0 atom stereocenters. The number of rotatable bonds is 10. The molecule has 0 spiro atoms. The van der Waals surface area contributed by atoms with Crippen molar-refractivity contribution in [3.05, 3.63) is 58.1 Å². The zero-order chi connectivity index (χ0) is 30.7. The topological polar surface area (TPSA) is 231 Å². The second kappa shape index (κ2) is 14.5. The maximum atomic E-state index is 12.2. The van der Waals surface area contributed by atoms with Gasteiger partial charge in [-0.15, -0.1) is 0 Å². The molecule has 43 heavy (non-hydrogen) atoms. The van der Waals surface area contributed by atoms with Crippen LogP contribution < -0.4 is 20.1 Å². The molecule has 0 saturated heterocycles. The predicted octanol–water partition coefficient (Wildman–Crippen LogP) is 2.65. The van der Waals surface area contributed by atoms with Crippen LogP contribution >= 0.6 is 23.2 Å². The van der Waals surface area contributed by atoms with Crippen LogP contribution in [0.2, 0.25) is 10.6 Å². The predicted molar refractivity (Wildman–Crippen MR) is 157 cm³/mol. The van der Waals surface area contributed by atoms with E-state index in [-0.39, 0.29) is 110 Å². The maximum absolute atomic E-state index is 12.2. The fraction of sp³-hybridized carbons (Fsp3) is 0.0909. The quantitative estimate of drug-likeness (QED) is 0.123. The zero-order valence-electron chi connectivity index (χ0n) is 22.2. The molecule has 0 bridgehead atoms. The Morgan fingerprint density at radius 2 is 1.19 bits per heavy atom. The molecule has 2 aromatic carbocycles. The van der Waals surface area contributed by atoms with Crippen molar-refractivity contribution in [1.82, 2.24) is 29.9 Å². The van der Waals surface area contributed by atoms with E-state index in [1.165, 1.54) is 50.6 Å². The molecule has 0 saturated carbocycles. The number of nitrogens with zero attached hydrogens (tertiary/aromatic N) is 6. The third-order valence-electron chi connectivity index (χ3n) is 5.07. The molecule has 0 aliphatic carbocycles. The minimum atomic E-state index is -5.03. The Morgan fingerprint density at radius 3 is 1.58 bits per heavy atom. The first-order valence-corrected chi connectivity index (χ1v) is 14.7. The van der Waals surface area contributed by atoms with Crippen molar-refractivity contribution in [2.45, 2.75) is 9.79 Å². The Labute approximate surface area is 298 Å². The van der Waals surface area contributed by atoms with E-state index in [2.05, 4.69) is 40.5 Å². The van der Waals surface area contributed by atoms with Gasteiger partial charge in [0.2, 0.25) is 22.5 Å². The van der Waals surface area contributed by atoms with Gasteiger partial charge in [-0.1, -0.05) is 24.3 Å². The van der Waals surface area contributed by atoms with E-state index < -0.39 is 30.0 Å². The molecular formula is C22H19Cl2KN8O8S2. The first kappa shape index (κ1) is 34.9. The number of nitrogens with one attached hydrogen (secondary N) is 2. The molecule has 0 aliphatic heterocycles. The number of anilines is 4. The molecule has 0 radical (unpaired) electrons. The van der Waals surface area contributed by atoms with Gasteiger partial charge in [0.05, 0.1) is 19.1 Å². The van der Waals surface area contributed by atoms with Gasteiger partial charge in [-0.25, -0.2) is 8.42 Å². The molecular weight excluding hydrogens is 678 g/mol. The standard InChI is InChI=1S/C22H18Cl2N8O8S2.K.H/c1-39-21-29-17(23)27-19(31-21)25-13-7-5-11(15(9-13)41(33,34)35)3-4-12-6-8-14(10-16(12)42(36,37)38)26-20-28-18(24)30-22(32-20)40-2;;/h3-10H,1-2H3,(H,33,34,35)(H,36,37,38)(H,25,27,29,31)(H,26,28,30,32);;. The van der Waals surface area contributed by atoms with Crippen LogP contribution in [-0.2, 0) is 20.2 Å². The van der Waals surface area contributed by atoms with Crippen LogP contribution in [0.25, 0.3) is 12.2 Å². The first-order valence-electron chi connectivity index (χ1n) is 11.1. The van der Waals surface area contributed by atoms with Gasteiger partial charge >= 0.3 is 64.8 Å². The summed E-state index contributed by atoms with van der Waals surface area (Å²) in [6, 6.07) is 7.30. The van der Waals surface area contributed by atoms with Gasteiger partial charge in [0, 0.05) is 11.4 Å².